The molecule has 0 aromatic rings. The van der Waals surface area contributed by atoms with Crippen molar-refractivity contribution in [1.29, 1.82) is 0 Å². The first-order valence-electron chi connectivity index (χ1n) is 6.85. The lowest BCUT2D eigenvalue weighted by Crippen LogP contribution is -2.48. The summed E-state index contributed by atoms with van der Waals surface area (Å²) in [5, 5.41) is 14.8. The van der Waals surface area contributed by atoms with Gasteiger partial charge >= 0.3 is 6.03 Å². The van der Waals surface area contributed by atoms with E-state index in [1.54, 1.807) is 0 Å². The van der Waals surface area contributed by atoms with E-state index < -0.39 is 0 Å². The molecule has 0 bridgehead atoms. The van der Waals surface area contributed by atoms with Gasteiger partial charge in [0, 0.05) is 6.04 Å². The summed E-state index contributed by atoms with van der Waals surface area (Å²) in [6, 6.07) is -0.0518. The Balaban J connectivity index is 2.29. The van der Waals surface area contributed by atoms with E-state index in [0.717, 1.165) is 6.42 Å². The van der Waals surface area contributed by atoms with Crippen LogP contribution < -0.4 is 10.6 Å². The lowest BCUT2D eigenvalue weighted by molar-refractivity contribution is 0.205. The maximum Gasteiger partial charge on any atom is 0.315 e. The number of carbonyl (C=O) groups excluding carboxylic acids is 1. The highest BCUT2D eigenvalue weighted by molar-refractivity contribution is 5.74. The Morgan fingerprint density at radius 3 is 2.47 bits per heavy atom. The van der Waals surface area contributed by atoms with E-state index in [-0.39, 0.29) is 24.7 Å². The number of carbonyl (C=O) groups is 1. The number of aliphatic hydroxyl groups is 1. The topological polar surface area (TPSA) is 61.4 Å². The molecule has 3 N–H and O–H groups in total. The van der Waals surface area contributed by atoms with Crippen molar-refractivity contribution in [3.8, 4) is 0 Å². The fourth-order valence-corrected chi connectivity index (χ4v) is 2.46. The Morgan fingerprint density at radius 1 is 1.29 bits per heavy atom. The Bertz CT molecular complexity index is 223. The smallest absolute Gasteiger partial charge is 0.315 e. The summed E-state index contributed by atoms with van der Waals surface area (Å²) in [4.78, 5) is 11.7. The first-order valence-corrected chi connectivity index (χ1v) is 6.85. The number of amides is 2. The maximum absolute atomic E-state index is 11.7. The van der Waals surface area contributed by atoms with Crippen LogP contribution in [-0.4, -0.2) is 29.8 Å². The van der Waals surface area contributed by atoms with Crippen LogP contribution >= 0.6 is 0 Å². The minimum Gasteiger partial charge on any atom is -0.394 e. The Kier molecular flexibility index (Phi) is 6.34. The zero-order valence-corrected chi connectivity index (χ0v) is 11.0. The van der Waals surface area contributed by atoms with Gasteiger partial charge < -0.3 is 15.7 Å². The number of urea groups is 1. The third-order valence-electron chi connectivity index (χ3n) is 3.76. The Hall–Kier alpha value is -0.770. The molecule has 0 aliphatic heterocycles. The second kappa shape index (κ2) is 7.54. The molecule has 1 aliphatic carbocycles. The van der Waals surface area contributed by atoms with Gasteiger partial charge in [-0.25, -0.2) is 4.79 Å². The molecule has 0 aromatic heterocycles. The van der Waals surface area contributed by atoms with Crippen LogP contribution in [0.1, 0.15) is 52.4 Å². The zero-order chi connectivity index (χ0) is 12.7. The standard InChI is InChI=1S/C13H26N2O2/c1-3-12(9-16)15-13(17)14-10(2)11-7-5-4-6-8-11/h10-12,16H,3-9H2,1-2H3,(H2,14,15,17). The summed E-state index contributed by atoms with van der Waals surface area (Å²) < 4.78 is 0. The Labute approximate surface area is 104 Å². The fraction of sp³-hybridized carbons (Fsp3) is 0.923. The summed E-state index contributed by atoms with van der Waals surface area (Å²) in [7, 11) is 0. The molecule has 2 unspecified atom stereocenters. The molecule has 1 fully saturated rings. The lowest BCUT2D eigenvalue weighted by atomic mass is 9.85. The SMILES string of the molecule is CCC(CO)NC(=O)NC(C)C1CCCCC1. The number of nitrogens with one attached hydrogen (secondary N) is 2. The van der Waals surface area contributed by atoms with E-state index in [2.05, 4.69) is 17.6 Å². The lowest BCUT2D eigenvalue weighted by Gasteiger charge is -2.28. The van der Waals surface area contributed by atoms with Gasteiger partial charge in [-0.15, -0.1) is 0 Å². The van der Waals surface area contributed by atoms with Crippen LogP contribution in [0, 0.1) is 5.92 Å². The molecule has 0 saturated heterocycles. The van der Waals surface area contributed by atoms with Crippen LogP contribution in [0.3, 0.4) is 0 Å². The van der Waals surface area contributed by atoms with Gasteiger partial charge in [-0.05, 0) is 32.1 Å². The molecule has 4 nitrogen and oxygen atoms in total. The average Bonchev–Trinajstić information content (AvgIpc) is 2.37. The van der Waals surface area contributed by atoms with Crippen LogP contribution in [-0.2, 0) is 0 Å². The molecule has 1 aliphatic rings. The highest BCUT2D eigenvalue weighted by Crippen LogP contribution is 2.26. The first kappa shape index (κ1) is 14.3. The number of rotatable bonds is 5. The van der Waals surface area contributed by atoms with Crippen LogP contribution in [0.4, 0.5) is 4.79 Å². The first-order chi connectivity index (χ1) is 8.17. The van der Waals surface area contributed by atoms with Gasteiger partial charge in [-0.1, -0.05) is 26.2 Å². The van der Waals surface area contributed by atoms with Crippen molar-refractivity contribution in [2.45, 2.75) is 64.5 Å². The van der Waals surface area contributed by atoms with Crippen LogP contribution in [0.5, 0.6) is 0 Å². The fourth-order valence-electron chi connectivity index (χ4n) is 2.46. The monoisotopic (exact) mass is 242 g/mol. The van der Waals surface area contributed by atoms with E-state index >= 15 is 0 Å². The Morgan fingerprint density at radius 2 is 1.94 bits per heavy atom. The summed E-state index contributed by atoms with van der Waals surface area (Å²) in [6.45, 7) is 4.03. The summed E-state index contributed by atoms with van der Waals surface area (Å²) in [5.74, 6) is 0.615. The molecule has 2 atom stereocenters. The summed E-state index contributed by atoms with van der Waals surface area (Å²) >= 11 is 0. The van der Waals surface area contributed by atoms with Crippen molar-refractivity contribution in [1.82, 2.24) is 10.6 Å². The van der Waals surface area contributed by atoms with Crippen molar-refractivity contribution in [3.05, 3.63) is 0 Å². The van der Waals surface area contributed by atoms with Gasteiger partial charge in [-0.2, -0.15) is 0 Å². The quantitative estimate of drug-likeness (QED) is 0.690. The number of hydrogen-bond acceptors (Lipinski definition) is 2. The summed E-state index contributed by atoms with van der Waals surface area (Å²) in [6.07, 6.45) is 7.09. The van der Waals surface area contributed by atoms with E-state index in [9.17, 15) is 4.79 Å². The predicted molar refractivity (Wildman–Crippen MR) is 68.9 cm³/mol. The van der Waals surface area contributed by atoms with E-state index in [4.69, 9.17) is 5.11 Å². The van der Waals surface area contributed by atoms with Crippen molar-refractivity contribution in [2.75, 3.05) is 6.61 Å². The highest BCUT2D eigenvalue weighted by atomic mass is 16.3. The average molecular weight is 242 g/mol. The van der Waals surface area contributed by atoms with Crippen LogP contribution in [0.2, 0.25) is 0 Å². The highest BCUT2D eigenvalue weighted by Gasteiger charge is 2.21. The van der Waals surface area contributed by atoms with Crippen molar-refractivity contribution < 1.29 is 9.90 Å². The molecule has 2 amide bonds. The largest absolute Gasteiger partial charge is 0.394 e. The minimum absolute atomic E-state index is 0.00172. The van der Waals surface area contributed by atoms with Gasteiger partial charge in [0.1, 0.15) is 0 Å². The van der Waals surface area contributed by atoms with Gasteiger partial charge in [0.15, 0.2) is 0 Å². The van der Waals surface area contributed by atoms with E-state index in [1.165, 1.54) is 32.1 Å². The molecular formula is C13H26N2O2. The van der Waals surface area contributed by atoms with Crippen molar-refractivity contribution >= 4 is 6.03 Å². The molecule has 1 rings (SSSR count). The van der Waals surface area contributed by atoms with E-state index in [1.807, 2.05) is 6.92 Å². The van der Waals surface area contributed by atoms with Crippen LogP contribution in [0.15, 0.2) is 0 Å². The number of hydrogen-bond donors (Lipinski definition) is 3. The van der Waals surface area contributed by atoms with Crippen molar-refractivity contribution in [3.63, 3.8) is 0 Å². The minimum atomic E-state index is -0.149. The molecule has 17 heavy (non-hydrogen) atoms. The van der Waals surface area contributed by atoms with Crippen molar-refractivity contribution in [2.24, 2.45) is 5.92 Å². The second-order valence-electron chi connectivity index (χ2n) is 5.09. The van der Waals surface area contributed by atoms with Gasteiger partial charge in [-0.3, -0.25) is 0 Å². The summed E-state index contributed by atoms with van der Waals surface area (Å²) in [5.41, 5.74) is 0. The predicted octanol–water partition coefficient (Wildman–Crippen LogP) is 2.03. The van der Waals surface area contributed by atoms with Gasteiger partial charge in [0.25, 0.3) is 0 Å². The molecule has 4 heteroatoms. The van der Waals surface area contributed by atoms with Gasteiger partial charge in [0.2, 0.25) is 0 Å². The van der Waals surface area contributed by atoms with Gasteiger partial charge in [0.05, 0.1) is 12.6 Å². The normalized spacial score (nSPS) is 20.6. The van der Waals surface area contributed by atoms with Crippen LogP contribution in [0.25, 0.3) is 0 Å². The third-order valence-corrected chi connectivity index (χ3v) is 3.76. The molecule has 0 spiro atoms. The molecule has 1 saturated carbocycles. The molecule has 0 heterocycles. The third kappa shape index (κ3) is 4.94. The molecular weight excluding hydrogens is 216 g/mol. The second-order valence-corrected chi connectivity index (χ2v) is 5.09. The maximum atomic E-state index is 11.7. The molecule has 100 valence electrons. The van der Waals surface area contributed by atoms with E-state index in [0.29, 0.717) is 5.92 Å². The molecule has 0 radical (unpaired) electrons. The molecule has 0 aromatic carbocycles. The number of aliphatic hydroxyl groups excluding tert-OH is 1. The zero-order valence-electron chi connectivity index (χ0n) is 11.0.